The van der Waals surface area contributed by atoms with Crippen molar-refractivity contribution in [2.45, 2.75) is 19.1 Å². The highest BCUT2D eigenvalue weighted by Crippen LogP contribution is 2.29. The van der Waals surface area contributed by atoms with E-state index < -0.39 is 11.7 Å². The van der Waals surface area contributed by atoms with E-state index in [0.717, 1.165) is 6.07 Å². The molecule has 0 aliphatic carbocycles. The lowest BCUT2D eigenvalue weighted by Gasteiger charge is -2.08. The Kier molecular flexibility index (Phi) is 3.17. The summed E-state index contributed by atoms with van der Waals surface area (Å²) in [7, 11) is 0. The van der Waals surface area contributed by atoms with Crippen LogP contribution in [0.3, 0.4) is 0 Å². The van der Waals surface area contributed by atoms with Crippen molar-refractivity contribution in [2.75, 3.05) is 0 Å². The molecular formula is C12H11F3N2. The molecule has 1 aromatic carbocycles. The first-order valence-electron chi connectivity index (χ1n) is 5.17. The van der Waals surface area contributed by atoms with Crippen molar-refractivity contribution < 1.29 is 13.2 Å². The first kappa shape index (κ1) is 11.7. The quantitative estimate of drug-likeness (QED) is 0.805. The summed E-state index contributed by atoms with van der Waals surface area (Å²) < 4.78 is 39.2. The monoisotopic (exact) mass is 240 g/mol. The highest BCUT2D eigenvalue weighted by molar-refractivity contribution is 5.25. The normalized spacial score (nSPS) is 11.7. The molecule has 0 aliphatic heterocycles. The molecule has 0 atom stereocenters. The van der Waals surface area contributed by atoms with E-state index in [9.17, 15) is 13.2 Å². The van der Waals surface area contributed by atoms with Crippen LogP contribution in [0, 0.1) is 0 Å². The van der Waals surface area contributed by atoms with Gasteiger partial charge in [-0.05, 0) is 18.1 Å². The average molecular weight is 240 g/mol. The van der Waals surface area contributed by atoms with E-state index in [1.165, 1.54) is 12.1 Å². The molecule has 2 nitrogen and oxygen atoms in total. The number of benzene rings is 1. The summed E-state index contributed by atoms with van der Waals surface area (Å²) in [5.74, 6) is 0. The Morgan fingerprint density at radius 2 is 2.06 bits per heavy atom. The summed E-state index contributed by atoms with van der Waals surface area (Å²) in [6.07, 6.45) is 1.36. The van der Waals surface area contributed by atoms with Crippen molar-refractivity contribution in [3.05, 3.63) is 54.1 Å². The number of rotatable bonds is 3. The molecule has 0 spiro atoms. The highest BCUT2D eigenvalue weighted by atomic mass is 19.4. The van der Waals surface area contributed by atoms with Gasteiger partial charge in [0.1, 0.15) is 0 Å². The molecule has 1 heterocycles. The molecule has 0 fully saturated rings. The van der Waals surface area contributed by atoms with Gasteiger partial charge in [0.15, 0.2) is 0 Å². The molecule has 0 radical (unpaired) electrons. The van der Waals surface area contributed by atoms with Gasteiger partial charge in [-0.3, -0.25) is 0 Å². The van der Waals surface area contributed by atoms with E-state index in [-0.39, 0.29) is 0 Å². The van der Waals surface area contributed by atoms with Crippen LogP contribution in [0.5, 0.6) is 0 Å². The van der Waals surface area contributed by atoms with Crippen molar-refractivity contribution in [3.8, 4) is 0 Å². The van der Waals surface area contributed by atoms with Crippen LogP contribution < -0.4 is 0 Å². The van der Waals surface area contributed by atoms with Crippen molar-refractivity contribution in [1.29, 1.82) is 0 Å². The summed E-state index contributed by atoms with van der Waals surface area (Å²) in [6.45, 7) is 0.626. The largest absolute Gasteiger partial charge is 0.416 e. The molecular weight excluding hydrogens is 229 g/mol. The van der Waals surface area contributed by atoms with Crippen LogP contribution in [0.15, 0.2) is 43.0 Å². The van der Waals surface area contributed by atoms with E-state index >= 15 is 0 Å². The molecule has 1 aromatic heterocycles. The Hall–Kier alpha value is -1.78. The Balaban J connectivity index is 2.07. The molecule has 2 rings (SSSR count). The van der Waals surface area contributed by atoms with Crippen molar-refractivity contribution in [3.63, 3.8) is 0 Å². The Bertz CT molecular complexity index is 475. The summed E-state index contributed by atoms with van der Waals surface area (Å²) >= 11 is 0. The minimum absolute atomic E-state index is 0.556. The summed E-state index contributed by atoms with van der Waals surface area (Å²) in [5.41, 5.74) is 0.0779. The van der Waals surface area contributed by atoms with Gasteiger partial charge in [0, 0.05) is 18.9 Å². The minimum Gasteiger partial charge on any atom is -0.337 e. The molecule has 0 saturated heterocycles. The number of hydrogen-bond acceptors (Lipinski definition) is 1. The lowest BCUT2D eigenvalue weighted by Crippen LogP contribution is -2.06. The van der Waals surface area contributed by atoms with Gasteiger partial charge in [0.2, 0.25) is 0 Å². The predicted octanol–water partition coefficient (Wildman–Crippen LogP) is 3.14. The predicted molar refractivity (Wildman–Crippen MR) is 57.4 cm³/mol. The number of alkyl halides is 3. The Morgan fingerprint density at radius 3 is 2.71 bits per heavy atom. The summed E-state index contributed by atoms with van der Waals surface area (Å²) in [4.78, 5) is 3.87. The maximum atomic E-state index is 12.5. The van der Waals surface area contributed by atoms with Crippen molar-refractivity contribution in [2.24, 2.45) is 0 Å². The van der Waals surface area contributed by atoms with Crippen LogP contribution in [-0.2, 0) is 19.1 Å². The fourth-order valence-electron chi connectivity index (χ4n) is 1.58. The van der Waals surface area contributed by atoms with Gasteiger partial charge in [0.25, 0.3) is 0 Å². The molecule has 2 aromatic rings. The summed E-state index contributed by atoms with van der Waals surface area (Å²) in [6, 6.07) is 5.41. The molecule has 0 aliphatic rings. The van der Waals surface area contributed by atoms with Gasteiger partial charge in [-0.1, -0.05) is 18.2 Å². The number of halogens is 3. The standard InChI is InChI=1S/C12H11F3N2/c13-12(14,15)11-3-1-2-10(8-11)4-6-17-7-5-16-9-17/h1-3,5,7-9H,4,6H2. The van der Waals surface area contributed by atoms with E-state index in [2.05, 4.69) is 4.98 Å². The molecule has 0 saturated carbocycles. The number of imidazole rings is 1. The third-order valence-corrected chi connectivity index (χ3v) is 2.47. The lowest BCUT2D eigenvalue weighted by atomic mass is 10.1. The smallest absolute Gasteiger partial charge is 0.337 e. The van der Waals surface area contributed by atoms with Gasteiger partial charge in [-0.2, -0.15) is 13.2 Å². The molecule has 0 N–H and O–H groups in total. The molecule has 0 bridgehead atoms. The zero-order chi connectivity index (χ0) is 12.3. The van der Waals surface area contributed by atoms with Crippen LogP contribution in [0.4, 0.5) is 13.2 Å². The number of hydrogen-bond donors (Lipinski definition) is 0. The fraction of sp³-hybridized carbons (Fsp3) is 0.250. The van der Waals surface area contributed by atoms with E-state index in [4.69, 9.17) is 0 Å². The van der Waals surface area contributed by atoms with E-state index in [1.54, 1.807) is 24.8 Å². The molecule has 5 heteroatoms. The first-order valence-corrected chi connectivity index (χ1v) is 5.17. The fourth-order valence-corrected chi connectivity index (χ4v) is 1.58. The second kappa shape index (κ2) is 4.61. The van der Waals surface area contributed by atoms with Crippen molar-refractivity contribution in [1.82, 2.24) is 9.55 Å². The zero-order valence-corrected chi connectivity index (χ0v) is 8.98. The van der Waals surface area contributed by atoms with Gasteiger partial charge >= 0.3 is 6.18 Å². The third-order valence-electron chi connectivity index (χ3n) is 2.47. The van der Waals surface area contributed by atoms with Crippen LogP contribution in [-0.4, -0.2) is 9.55 Å². The third kappa shape index (κ3) is 3.09. The minimum atomic E-state index is -4.27. The van der Waals surface area contributed by atoms with Crippen LogP contribution in [0.2, 0.25) is 0 Å². The van der Waals surface area contributed by atoms with Gasteiger partial charge in [0.05, 0.1) is 11.9 Å². The van der Waals surface area contributed by atoms with Gasteiger partial charge in [-0.15, -0.1) is 0 Å². The molecule has 0 amide bonds. The lowest BCUT2D eigenvalue weighted by molar-refractivity contribution is -0.137. The second-order valence-electron chi connectivity index (χ2n) is 3.75. The maximum Gasteiger partial charge on any atom is 0.416 e. The maximum absolute atomic E-state index is 12.5. The van der Waals surface area contributed by atoms with Crippen LogP contribution in [0.1, 0.15) is 11.1 Å². The van der Waals surface area contributed by atoms with Crippen LogP contribution >= 0.6 is 0 Å². The average Bonchev–Trinajstić information content (AvgIpc) is 2.78. The topological polar surface area (TPSA) is 17.8 Å². The first-order chi connectivity index (χ1) is 8.05. The van der Waals surface area contributed by atoms with Crippen LogP contribution in [0.25, 0.3) is 0 Å². The SMILES string of the molecule is FC(F)(F)c1cccc(CCn2ccnc2)c1. The zero-order valence-electron chi connectivity index (χ0n) is 8.98. The highest BCUT2D eigenvalue weighted by Gasteiger charge is 2.30. The molecule has 90 valence electrons. The van der Waals surface area contributed by atoms with E-state index in [0.29, 0.717) is 18.5 Å². The van der Waals surface area contributed by atoms with E-state index in [1.807, 2.05) is 4.57 Å². The Morgan fingerprint density at radius 1 is 1.24 bits per heavy atom. The van der Waals surface area contributed by atoms with Gasteiger partial charge < -0.3 is 4.57 Å². The number of aryl methyl sites for hydroxylation is 2. The van der Waals surface area contributed by atoms with Crippen molar-refractivity contribution >= 4 is 0 Å². The Labute approximate surface area is 96.7 Å². The van der Waals surface area contributed by atoms with Gasteiger partial charge in [-0.25, -0.2) is 4.98 Å². The molecule has 0 unspecified atom stereocenters. The number of nitrogens with zero attached hydrogens (tertiary/aromatic N) is 2. The number of aromatic nitrogens is 2. The second-order valence-corrected chi connectivity index (χ2v) is 3.75. The summed E-state index contributed by atoms with van der Waals surface area (Å²) in [5, 5.41) is 0. The molecule has 17 heavy (non-hydrogen) atoms.